The zero-order valence-corrected chi connectivity index (χ0v) is 13.9. The lowest BCUT2D eigenvalue weighted by atomic mass is 10.00. The molecule has 0 saturated heterocycles. The van der Waals surface area contributed by atoms with Gasteiger partial charge < -0.3 is 14.9 Å². The number of carbonyl (C=O) groups excluding carboxylic acids is 1. The molecule has 2 rings (SSSR count). The van der Waals surface area contributed by atoms with Crippen molar-refractivity contribution < 1.29 is 29.3 Å². The molecular formula is C19H20FNO5. The summed E-state index contributed by atoms with van der Waals surface area (Å²) in [5, 5.41) is 28.3. The van der Waals surface area contributed by atoms with Crippen molar-refractivity contribution in [3.63, 3.8) is 0 Å². The molecule has 2 aromatic rings. The van der Waals surface area contributed by atoms with E-state index in [1.807, 2.05) is 6.07 Å². The Morgan fingerprint density at radius 1 is 1.23 bits per heavy atom. The van der Waals surface area contributed by atoms with Gasteiger partial charge in [-0.3, -0.25) is 10.0 Å². The summed E-state index contributed by atoms with van der Waals surface area (Å²) in [5.41, 5.74) is 1.74. The number of hydrogen-bond acceptors (Lipinski definition) is 5. The molecule has 0 unspecified atom stereocenters. The van der Waals surface area contributed by atoms with Crippen molar-refractivity contribution in [2.75, 3.05) is 0 Å². The van der Waals surface area contributed by atoms with Crippen molar-refractivity contribution in [2.45, 2.75) is 25.0 Å². The minimum atomic E-state index is -1.15. The highest BCUT2D eigenvalue weighted by Crippen LogP contribution is 2.27. The average Bonchev–Trinajstić information content (AvgIpc) is 2.66. The van der Waals surface area contributed by atoms with Crippen LogP contribution in [0.5, 0.6) is 11.5 Å². The predicted molar refractivity (Wildman–Crippen MR) is 92.2 cm³/mol. The third-order valence-electron chi connectivity index (χ3n) is 3.69. The lowest BCUT2D eigenvalue weighted by Gasteiger charge is -2.24. The second kappa shape index (κ2) is 9.55. The van der Waals surface area contributed by atoms with E-state index >= 15 is 0 Å². The number of ether oxygens (including phenoxy) is 1. The second-order valence-electron chi connectivity index (χ2n) is 5.58. The zero-order chi connectivity index (χ0) is 18.9. The SMILES string of the molecule is O=C(/C=C/CC[C@H](Oc1ccccc1)[C@@H](O)c1ccc(O)c(F)c1)NO. The fraction of sp³-hybridized carbons (Fsp3) is 0.211. The lowest BCUT2D eigenvalue weighted by Crippen LogP contribution is -2.25. The fourth-order valence-corrected chi connectivity index (χ4v) is 2.36. The van der Waals surface area contributed by atoms with E-state index in [2.05, 4.69) is 0 Å². The number of benzene rings is 2. The Bertz CT molecular complexity index is 751. The highest BCUT2D eigenvalue weighted by molar-refractivity contribution is 5.86. The summed E-state index contributed by atoms with van der Waals surface area (Å²) in [5.74, 6) is -1.46. The number of hydrogen-bond donors (Lipinski definition) is 4. The number of aromatic hydroxyl groups is 1. The number of carbonyl (C=O) groups is 1. The number of allylic oxidation sites excluding steroid dienone is 1. The molecule has 0 aromatic heterocycles. The minimum Gasteiger partial charge on any atom is -0.505 e. The van der Waals surface area contributed by atoms with Gasteiger partial charge in [-0.05, 0) is 42.7 Å². The highest BCUT2D eigenvalue weighted by atomic mass is 19.1. The van der Waals surface area contributed by atoms with E-state index < -0.39 is 29.7 Å². The number of aliphatic hydroxyl groups excluding tert-OH is 1. The van der Waals surface area contributed by atoms with E-state index in [1.165, 1.54) is 23.7 Å². The molecule has 0 bridgehead atoms. The Balaban J connectivity index is 2.14. The summed E-state index contributed by atoms with van der Waals surface area (Å²) < 4.78 is 19.4. The van der Waals surface area contributed by atoms with Gasteiger partial charge in [0.25, 0.3) is 5.91 Å². The molecule has 26 heavy (non-hydrogen) atoms. The van der Waals surface area contributed by atoms with Gasteiger partial charge in [-0.25, -0.2) is 9.87 Å². The van der Waals surface area contributed by atoms with Gasteiger partial charge >= 0.3 is 0 Å². The topological polar surface area (TPSA) is 99.0 Å². The zero-order valence-electron chi connectivity index (χ0n) is 13.9. The van der Waals surface area contributed by atoms with Gasteiger partial charge in [-0.1, -0.05) is 30.3 Å². The number of phenolic OH excluding ortho intramolecular Hbond substituents is 1. The average molecular weight is 361 g/mol. The van der Waals surface area contributed by atoms with E-state index in [1.54, 1.807) is 24.3 Å². The van der Waals surface area contributed by atoms with Crippen LogP contribution >= 0.6 is 0 Å². The summed E-state index contributed by atoms with van der Waals surface area (Å²) >= 11 is 0. The summed E-state index contributed by atoms with van der Waals surface area (Å²) in [6, 6.07) is 12.5. The minimum absolute atomic E-state index is 0.262. The van der Waals surface area contributed by atoms with Crippen LogP contribution in [0.4, 0.5) is 4.39 Å². The number of para-hydroxylation sites is 1. The molecule has 0 spiro atoms. The predicted octanol–water partition coefficient (Wildman–Crippen LogP) is 2.85. The second-order valence-corrected chi connectivity index (χ2v) is 5.58. The molecule has 0 saturated carbocycles. The number of nitrogens with one attached hydrogen (secondary N) is 1. The standard InChI is InChI=1S/C19H20FNO5/c20-15-12-13(10-11-16(15)22)19(24)17(8-4-5-9-18(23)21-25)26-14-6-2-1-3-7-14/h1-3,5-7,9-12,17,19,22,24-25H,4,8H2,(H,21,23)/b9-5+/t17-,19-/m0/s1. The number of hydroxylamine groups is 1. The molecule has 2 aromatic carbocycles. The van der Waals surface area contributed by atoms with Crippen LogP contribution < -0.4 is 10.2 Å². The molecule has 0 heterocycles. The summed E-state index contributed by atoms with van der Waals surface area (Å²) in [4.78, 5) is 11.0. The van der Waals surface area contributed by atoms with Crippen molar-refractivity contribution in [2.24, 2.45) is 0 Å². The molecule has 0 radical (unpaired) electrons. The molecule has 0 fully saturated rings. The molecule has 138 valence electrons. The normalized spacial score (nSPS) is 13.3. The van der Waals surface area contributed by atoms with E-state index in [4.69, 9.17) is 9.94 Å². The first-order chi connectivity index (χ1) is 12.5. The third kappa shape index (κ3) is 5.58. The van der Waals surface area contributed by atoms with Gasteiger partial charge in [0.15, 0.2) is 11.6 Å². The first-order valence-corrected chi connectivity index (χ1v) is 8.00. The molecule has 7 heteroatoms. The van der Waals surface area contributed by atoms with Gasteiger partial charge in [0, 0.05) is 6.08 Å². The van der Waals surface area contributed by atoms with Crippen molar-refractivity contribution in [1.29, 1.82) is 0 Å². The van der Waals surface area contributed by atoms with Gasteiger partial charge in [-0.15, -0.1) is 0 Å². The smallest absolute Gasteiger partial charge is 0.267 e. The highest BCUT2D eigenvalue weighted by Gasteiger charge is 2.23. The van der Waals surface area contributed by atoms with Crippen LogP contribution in [0.3, 0.4) is 0 Å². The van der Waals surface area contributed by atoms with Gasteiger partial charge in [0.2, 0.25) is 0 Å². The van der Waals surface area contributed by atoms with Crippen LogP contribution in [-0.2, 0) is 4.79 Å². The van der Waals surface area contributed by atoms with E-state index in [0.29, 0.717) is 18.6 Å². The largest absolute Gasteiger partial charge is 0.505 e. The first kappa shape index (κ1) is 19.4. The van der Waals surface area contributed by atoms with Crippen molar-refractivity contribution >= 4 is 5.91 Å². The van der Waals surface area contributed by atoms with E-state index in [0.717, 1.165) is 12.1 Å². The fourth-order valence-electron chi connectivity index (χ4n) is 2.36. The number of phenols is 1. The van der Waals surface area contributed by atoms with Gasteiger partial charge in [-0.2, -0.15) is 0 Å². The molecule has 4 N–H and O–H groups in total. The van der Waals surface area contributed by atoms with E-state index in [9.17, 15) is 19.4 Å². The molecule has 2 atom stereocenters. The number of amides is 1. The van der Waals surface area contributed by atoms with Crippen LogP contribution in [0.15, 0.2) is 60.7 Å². The lowest BCUT2D eigenvalue weighted by molar-refractivity contribution is -0.124. The molecule has 0 aliphatic carbocycles. The Morgan fingerprint density at radius 3 is 2.62 bits per heavy atom. The third-order valence-corrected chi connectivity index (χ3v) is 3.69. The molecule has 1 amide bonds. The first-order valence-electron chi connectivity index (χ1n) is 8.00. The van der Waals surface area contributed by atoms with Crippen molar-refractivity contribution in [3.8, 4) is 11.5 Å². The van der Waals surface area contributed by atoms with Gasteiger partial charge in [0.05, 0.1) is 0 Å². The Kier molecular flexibility index (Phi) is 7.13. The molecule has 0 aliphatic rings. The summed E-state index contributed by atoms with van der Waals surface area (Å²) in [6.07, 6.45) is 1.52. The maximum atomic E-state index is 13.6. The Hall–Kier alpha value is -2.90. The molecular weight excluding hydrogens is 341 g/mol. The number of rotatable bonds is 8. The van der Waals surface area contributed by atoms with Crippen LogP contribution in [-0.4, -0.2) is 27.4 Å². The quantitative estimate of drug-likeness (QED) is 0.329. The van der Waals surface area contributed by atoms with E-state index in [-0.39, 0.29) is 5.56 Å². The van der Waals surface area contributed by atoms with Gasteiger partial charge in [0.1, 0.15) is 18.0 Å². The van der Waals surface area contributed by atoms with Crippen LogP contribution in [0.25, 0.3) is 0 Å². The van der Waals surface area contributed by atoms with Crippen LogP contribution in [0.2, 0.25) is 0 Å². The number of aliphatic hydroxyl groups is 1. The van der Waals surface area contributed by atoms with Crippen LogP contribution in [0, 0.1) is 5.82 Å². The van der Waals surface area contributed by atoms with Crippen LogP contribution in [0.1, 0.15) is 24.5 Å². The maximum Gasteiger partial charge on any atom is 0.267 e. The Morgan fingerprint density at radius 2 is 1.96 bits per heavy atom. The van der Waals surface area contributed by atoms with Crippen molar-refractivity contribution in [1.82, 2.24) is 5.48 Å². The summed E-state index contributed by atoms with van der Waals surface area (Å²) in [7, 11) is 0. The van der Waals surface area contributed by atoms with Crippen molar-refractivity contribution in [3.05, 3.63) is 72.1 Å². The monoisotopic (exact) mass is 361 g/mol. The molecule has 6 nitrogen and oxygen atoms in total. The molecule has 0 aliphatic heterocycles. The maximum absolute atomic E-state index is 13.6. The number of halogens is 1. The Labute approximate surface area is 150 Å². The summed E-state index contributed by atoms with van der Waals surface area (Å²) in [6.45, 7) is 0.